The molecule has 0 bridgehead atoms. The zero-order valence-electron chi connectivity index (χ0n) is 11.6. The summed E-state index contributed by atoms with van der Waals surface area (Å²) in [5, 5.41) is 10.9. The second-order valence-corrected chi connectivity index (χ2v) is 4.55. The zero-order valence-corrected chi connectivity index (χ0v) is 11.6. The normalized spacial score (nSPS) is 10.5. The maximum Gasteiger partial charge on any atom is 0.271 e. The van der Waals surface area contributed by atoms with Crippen LogP contribution >= 0.6 is 0 Å². The van der Waals surface area contributed by atoms with E-state index in [-0.39, 0.29) is 5.91 Å². The lowest BCUT2D eigenvalue weighted by Crippen LogP contribution is -2.29. The van der Waals surface area contributed by atoms with Crippen molar-refractivity contribution in [2.45, 2.75) is 27.7 Å². The van der Waals surface area contributed by atoms with Crippen molar-refractivity contribution in [2.75, 3.05) is 24.5 Å². The summed E-state index contributed by atoms with van der Waals surface area (Å²) in [4.78, 5) is 13.8. The van der Waals surface area contributed by atoms with Gasteiger partial charge in [0.1, 0.15) is 0 Å². The summed E-state index contributed by atoms with van der Waals surface area (Å²) in [6.07, 6.45) is 0. The van der Waals surface area contributed by atoms with E-state index in [4.69, 9.17) is 0 Å². The van der Waals surface area contributed by atoms with Crippen LogP contribution in [0.15, 0.2) is 12.1 Å². The average molecular weight is 250 g/mol. The van der Waals surface area contributed by atoms with Gasteiger partial charge in [-0.2, -0.15) is 0 Å². The molecule has 1 rings (SSSR count). The van der Waals surface area contributed by atoms with E-state index in [1.807, 2.05) is 6.07 Å². The Morgan fingerprint density at radius 1 is 1.28 bits per heavy atom. The Labute approximate surface area is 109 Å². The molecule has 0 radical (unpaired) electrons. The number of carbonyl (C=O) groups excluding carboxylic acids is 1. The van der Waals surface area contributed by atoms with Crippen LogP contribution in [0.2, 0.25) is 0 Å². The van der Waals surface area contributed by atoms with Crippen LogP contribution in [0.4, 0.5) is 5.82 Å². The number of anilines is 1. The molecule has 0 saturated heterocycles. The Kier molecular flexibility index (Phi) is 5.55. The maximum atomic E-state index is 11.7. The topological polar surface area (TPSA) is 58.1 Å². The molecule has 0 spiro atoms. The van der Waals surface area contributed by atoms with E-state index in [0.29, 0.717) is 18.2 Å². The number of hydrogen-bond donors (Lipinski definition) is 1. The fourth-order valence-corrected chi connectivity index (χ4v) is 1.55. The molecule has 1 N–H and O–H groups in total. The van der Waals surface area contributed by atoms with E-state index in [0.717, 1.165) is 18.9 Å². The molecule has 0 aliphatic heterocycles. The smallest absolute Gasteiger partial charge is 0.271 e. The number of amides is 1. The van der Waals surface area contributed by atoms with Gasteiger partial charge in [0.2, 0.25) is 0 Å². The van der Waals surface area contributed by atoms with Gasteiger partial charge < -0.3 is 10.2 Å². The molecule has 100 valence electrons. The van der Waals surface area contributed by atoms with Gasteiger partial charge in [-0.25, -0.2) is 0 Å². The summed E-state index contributed by atoms with van der Waals surface area (Å²) in [5.41, 5.74) is 0.367. The Bertz CT molecular complexity index is 371. The van der Waals surface area contributed by atoms with Gasteiger partial charge in [-0.15, -0.1) is 10.2 Å². The highest BCUT2D eigenvalue weighted by Gasteiger charge is 2.10. The number of carbonyl (C=O) groups is 1. The Hall–Kier alpha value is -1.65. The second kappa shape index (κ2) is 6.93. The minimum absolute atomic E-state index is 0.165. The van der Waals surface area contributed by atoms with Gasteiger partial charge in [0, 0.05) is 19.6 Å². The molecule has 0 aromatic carbocycles. The Morgan fingerprint density at radius 2 is 1.94 bits per heavy atom. The van der Waals surface area contributed by atoms with Crippen molar-refractivity contribution in [3.63, 3.8) is 0 Å². The molecule has 1 aromatic heterocycles. The summed E-state index contributed by atoms with van der Waals surface area (Å²) in [7, 11) is 0. The lowest BCUT2D eigenvalue weighted by Gasteiger charge is -2.18. The van der Waals surface area contributed by atoms with Crippen molar-refractivity contribution in [1.29, 1.82) is 0 Å². The summed E-state index contributed by atoms with van der Waals surface area (Å²) in [5.74, 6) is 1.07. The van der Waals surface area contributed by atoms with Gasteiger partial charge in [0.05, 0.1) is 0 Å². The largest absolute Gasteiger partial charge is 0.356 e. The quantitative estimate of drug-likeness (QED) is 0.835. The average Bonchev–Trinajstić information content (AvgIpc) is 2.38. The molecule has 0 aliphatic rings. The highest BCUT2D eigenvalue weighted by molar-refractivity contribution is 5.92. The molecule has 5 heteroatoms. The van der Waals surface area contributed by atoms with Gasteiger partial charge in [-0.05, 0) is 31.9 Å². The van der Waals surface area contributed by atoms with Crippen LogP contribution in [0.5, 0.6) is 0 Å². The first-order valence-electron chi connectivity index (χ1n) is 6.45. The minimum atomic E-state index is -0.165. The van der Waals surface area contributed by atoms with Crippen molar-refractivity contribution < 1.29 is 4.79 Å². The van der Waals surface area contributed by atoms with Crippen LogP contribution in [0.1, 0.15) is 38.2 Å². The van der Waals surface area contributed by atoms with E-state index in [1.165, 1.54) is 0 Å². The van der Waals surface area contributed by atoms with Crippen molar-refractivity contribution in [2.24, 2.45) is 5.92 Å². The van der Waals surface area contributed by atoms with Crippen molar-refractivity contribution in [3.8, 4) is 0 Å². The molecule has 0 fully saturated rings. The zero-order chi connectivity index (χ0) is 13.5. The van der Waals surface area contributed by atoms with E-state index < -0.39 is 0 Å². The van der Waals surface area contributed by atoms with E-state index in [9.17, 15) is 4.79 Å². The second-order valence-electron chi connectivity index (χ2n) is 4.55. The molecule has 18 heavy (non-hydrogen) atoms. The molecule has 0 saturated carbocycles. The fraction of sp³-hybridized carbons (Fsp3) is 0.615. The molecule has 1 heterocycles. The Balaban J connectivity index is 2.67. The minimum Gasteiger partial charge on any atom is -0.356 e. The number of nitrogens with one attached hydrogen (secondary N) is 1. The molecule has 0 atom stereocenters. The third-order valence-corrected chi connectivity index (χ3v) is 2.64. The van der Waals surface area contributed by atoms with Crippen molar-refractivity contribution in [1.82, 2.24) is 15.5 Å². The molecule has 0 aliphatic carbocycles. The first-order chi connectivity index (χ1) is 8.58. The van der Waals surface area contributed by atoms with Gasteiger partial charge in [0.15, 0.2) is 11.5 Å². The highest BCUT2D eigenvalue weighted by Crippen LogP contribution is 2.08. The molecular formula is C13H22N4O. The van der Waals surface area contributed by atoms with Crippen molar-refractivity contribution >= 4 is 11.7 Å². The first kappa shape index (κ1) is 14.4. The fourth-order valence-electron chi connectivity index (χ4n) is 1.55. The van der Waals surface area contributed by atoms with Crippen LogP contribution < -0.4 is 10.2 Å². The monoisotopic (exact) mass is 250 g/mol. The summed E-state index contributed by atoms with van der Waals surface area (Å²) >= 11 is 0. The van der Waals surface area contributed by atoms with Crippen LogP contribution in [-0.4, -0.2) is 35.7 Å². The number of nitrogens with zero attached hydrogens (tertiary/aromatic N) is 3. The molecule has 5 nitrogen and oxygen atoms in total. The van der Waals surface area contributed by atoms with E-state index >= 15 is 0 Å². The van der Waals surface area contributed by atoms with Crippen LogP contribution in [0.25, 0.3) is 0 Å². The van der Waals surface area contributed by atoms with Crippen LogP contribution in [0, 0.1) is 5.92 Å². The van der Waals surface area contributed by atoms with Gasteiger partial charge in [-0.1, -0.05) is 13.8 Å². The third kappa shape index (κ3) is 3.98. The summed E-state index contributed by atoms with van der Waals surface area (Å²) in [6.45, 7) is 10.6. The van der Waals surface area contributed by atoms with Crippen molar-refractivity contribution in [3.05, 3.63) is 17.8 Å². The maximum absolute atomic E-state index is 11.7. The van der Waals surface area contributed by atoms with Gasteiger partial charge in [-0.3, -0.25) is 4.79 Å². The van der Waals surface area contributed by atoms with Gasteiger partial charge >= 0.3 is 0 Å². The number of hydrogen-bond acceptors (Lipinski definition) is 4. The highest BCUT2D eigenvalue weighted by atomic mass is 16.1. The summed E-state index contributed by atoms with van der Waals surface area (Å²) < 4.78 is 0. The predicted molar refractivity (Wildman–Crippen MR) is 72.8 cm³/mol. The third-order valence-electron chi connectivity index (χ3n) is 2.64. The lowest BCUT2D eigenvalue weighted by atomic mass is 10.2. The lowest BCUT2D eigenvalue weighted by molar-refractivity contribution is 0.0943. The predicted octanol–water partition coefficient (Wildman–Crippen LogP) is 1.71. The van der Waals surface area contributed by atoms with Gasteiger partial charge in [0.25, 0.3) is 5.91 Å². The first-order valence-corrected chi connectivity index (χ1v) is 6.45. The summed E-state index contributed by atoms with van der Waals surface area (Å²) in [6, 6.07) is 3.56. The Morgan fingerprint density at radius 3 is 2.39 bits per heavy atom. The standard InChI is InChI=1S/C13H22N4O/c1-5-17(6-2)12-8-7-11(15-16-12)13(18)14-9-10(3)4/h7-8,10H,5-6,9H2,1-4H3,(H,14,18). The number of rotatable bonds is 6. The van der Waals surface area contributed by atoms with E-state index in [2.05, 4.69) is 48.1 Å². The number of aromatic nitrogens is 2. The van der Waals surface area contributed by atoms with Crippen LogP contribution in [-0.2, 0) is 0 Å². The molecule has 1 aromatic rings. The SMILES string of the molecule is CCN(CC)c1ccc(C(=O)NCC(C)C)nn1. The van der Waals surface area contributed by atoms with E-state index in [1.54, 1.807) is 6.07 Å². The molecular weight excluding hydrogens is 228 g/mol. The molecule has 0 unspecified atom stereocenters. The molecule has 1 amide bonds. The van der Waals surface area contributed by atoms with Crippen LogP contribution in [0.3, 0.4) is 0 Å².